The molecule has 3 N–H and O–H groups in total. The van der Waals surface area contributed by atoms with Crippen LogP contribution in [0.5, 0.6) is 0 Å². The molecule has 33 heavy (non-hydrogen) atoms. The number of thiazole rings is 1. The number of aromatic amines is 1. The number of hydrogen-bond donors (Lipinski definition) is 3. The van der Waals surface area contributed by atoms with Gasteiger partial charge in [0.05, 0.1) is 22.6 Å². The summed E-state index contributed by atoms with van der Waals surface area (Å²) in [5, 5.41) is 12.7. The number of carbonyl (C=O) groups excluding carboxylic acids is 1. The Bertz CT molecular complexity index is 1230. The van der Waals surface area contributed by atoms with Crippen LogP contribution in [0.2, 0.25) is 10.0 Å². The van der Waals surface area contributed by atoms with Crippen LogP contribution in [0.1, 0.15) is 32.3 Å². The van der Waals surface area contributed by atoms with Crippen molar-refractivity contribution in [3.63, 3.8) is 0 Å². The number of alkyl halides is 1. The first-order valence-corrected chi connectivity index (χ1v) is 11.3. The molecule has 0 aliphatic carbocycles. The lowest BCUT2D eigenvalue weighted by Crippen LogP contribution is -2.52. The molecular weight excluding hydrogens is 499 g/mol. The van der Waals surface area contributed by atoms with Crippen LogP contribution in [0.3, 0.4) is 0 Å². The SMILES string of the molecule is Cc1[nH]c(C(=O)N[C@@H]2CCN(c3nc(-c4ncccc4F)c(C(=O)O)s3)C[C@H]2F)c(Cl)c1Cl. The summed E-state index contributed by atoms with van der Waals surface area (Å²) in [6.45, 7) is 1.81. The van der Waals surface area contributed by atoms with E-state index in [2.05, 4.69) is 20.3 Å². The molecule has 1 aliphatic rings. The zero-order chi connectivity index (χ0) is 23.9. The maximum Gasteiger partial charge on any atom is 0.348 e. The van der Waals surface area contributed by atoms with E-state index < -0.39 is 29.9 Å². The van der Waals surface area contributed by atoms with Crippen LogP contribution in [-0.4, -0.2) is 57.2 Å². The van der Waals surface area contributed by atoms with Gasteiger partial charge >= 0.3 is 5.97 Å². The predicted molar refractivity (Wildman–Crippen MR) is 121 cm³/mol. The third kappa shape index (κ3) is 4.53. The molecule has 174 valence electrons. The molecule has 1 fully saturated rings. The van der Waals surface area contributed by atoms with Crippen molar-refractivity contribution in [3.8, 4) is 11.4 Å². The van der Waals surface area contributed by atoms with Crippen LogP contribution in [0, 0.1) is 12.7 Å². The minimum atomic E-state index is -1.47. The maximum absolute atomic E-state index is 15.0. The number of aromatic nitrogens is 3. The number of amides is 1. The molecular formula is C20H17Cl2F2N5O3S. The Balaban J connectivity index is 1.50. The summed E-state index contributed by atoms with van der Waals surface area (Å²) < 4.78 is 29.1. The third-order valence-corrected chi connectivity index (χ3v) is 7.25. The molecule has 1 aliphatic heterocycles. The molecule has 1 saturated heterocycles. The van der Waals surface area contributed by atoms with Crippen molar-refractivity contribution in [3.05, 3.63) is 50.5 Å². The van der Waals surface area contributed by atoms with Gasteiger partial charge < -0.3 is 20.3 Å². The van der Waals surface area contributed by atoms with Gasteiger partial charge in [0.25, 0.3) is 5.91 Å². The number of rotatable bonds is 5. The van der Waals surface area contributed by atoms with Gasteiger partial charge in [-0.1, -0.05) is 34.5 Å². The summed E-state index contributed by atoms with van der Waals surface area (Å²) in [6, 6.07) is 1.75. The number of carboxylic acid groups (broad SMARTS) is 1. The van der Waals surface area contributed by atoms with Crippen molar-refractivity contribution in [1.29, 1.82) is 0 Å². The predicted octanol–water partition coefficient (Wildman–Crippen LogP) is 4.33. The lowest BCUT2D eigenvalue weighted by Gasteiger charge is -2.34. The monoisotopic (exact) mass is 515 g/mol. The first-order chi connectivity index (χ1) is 15.7. The van der Waals surface area contributed by atoms with Crippen LogP contribution in [0.25, 0.3) is 11.4 Å². The number of nitrogens with zero attached hydrogens (tertiary/aromatic N) is 3. The normalized spacial score (nSPS) is 18.4. The van der Waals surface area contributed by atoms with Gasteiger partial charge in [-0.25, -0.2) is 18.6 Å². The molecule has 3 aromatic rings. The zero-order valence-electron chi connectivity index (χ0n) is 17.0. The summed E-state index contributed by atoms with van der Waals surface area (Å²) in [6.07, 6.45) is 0.0906. The quantitative estimate of drug-likeness (QED) is 0.466. The summed E-state index contributed by atoms with van der Waals surface area (Å²) in [7, 11) is 0. The first-order valence-electron chi connectivity index (χ1n) is 9.75. The number of hydrogen-bond acceptors (Lipinski definition) is 6. The molecule has 4 heterocycles. The zero-order valence-corrected chi connectivity index (χ0v) is 19.4. The lowest BCUT2D eigenvalue weighted by atomic mass is 10.0. The van der Waals surface area contributed by atoms with Gasteiger partial charge in [-0.2, -0.15) is 0 Å². The van der Waals surface area contributed by atoms with Crippen molar-refractivity contribution in [2.45, 2.75) is 25.6 Å². The Morgan fingerprint density at radius 1 is 1.33 bits per heavy atom. The Kier molecular flexibility index (Phi) is 6.55. The number of carbonyl (C=O) groups is 2. The second kappa shape index (κ2) is 9.24. The standard InChI is InChI=1S/C20H17Cl2F2N5O3S/c1-8-12(21)13(22)15(26-8)18(30)27-11-4-6-29(7-10(11)24)20-28-16(17(33-20)19(31)32)14-9(23)3-2-5-25-14/h2-3,5,10-11,26H,4,6-7H2,1H3,(H,27,30)(H,31,32)/t10-,11-/m1/s1. The second-order valence-electron chi connectivity index (χ2n) is 7.40. The number of H-pyrrole nitrogens is 1. The van der Waals surface area contributed by atoms with Gasteiger partial charge in [0, 0.05) is 18.4 Å². The van der Waals surface area contributed by atoms with Gasteiger partial charge in [-0.05, 0) is 25.5 Å². The van der Waals surface area contributed by atoms with E-state index in [1.54, 1.807) is 11.8 Å². The minimum Gasteiger partial charge on any atom is -0.477 e. The number of halogens is 4. The van der Waals surface area contributed by atoms with E-state index >= 15 is 0 Å². The summed E-state index contributed by atoms with van der Waals surface area (Å²) in [5.74, 6) is -2.57. The smallest absolute Gasteiger partial charge is 0.348 e. The molecule has 0 spiro atoms. The molecule has 4 rings (SSSR count). The number of aromatic carboxylic acids is 1. The van der Waals surface area contributed by atoms with Crippen LogP contribution in [0.15, 0.2) is 18.3 Å². The first kappa shape index (κ1) is 23.4. The van der Waals surface area contributed by atoms with E-state index in [0.29, 0.717) is 12.2 Å². The topological polar surface area (TPSA) is 111 Å². The molecule has 0 unspecified atom stereocenters. The average Bonchev–Trinajstić information content (AvgIpc) is 3.33. The van der Waals surface area contributed by atoms with Gasteiger partial charge in [0.2, 0.25) is 0 Å². The lowest BCUT2D eigenvalue weighted by molar-refractivity contribution is 0.0702. The summed E-state index contributed by atoms with van der Waals surface area (Å²) >= 11 is 12.9. The van der Waals surface area contributed by atoms with Crippen LogP contribution in [-0.2, 0) is 0 Å². The molecule has 0 radical (unpaired) electrons. The van der Waals surface area contributed by atoms with E-state index in [1.807, 2.05) is 0 Å². The highest BCUT2D eigenvalue weighted by Crippen LogP contribution is 2.35. The fraction of sp³-hybridized carbons (Fsp3) is 0.300. The van der Waals surface area contributed by atoms with E-state index in [-0.39, 0.29) is 50.1 Å². The van der Waals surface area contributed by atoms with Crippen molar-refractivity contribution < 1.29 is 23.5 Å². The summed E-state index contributed by atoms with van der Waals surface area (Å²) in [5.41, 5.74) is 0.284. The molecule has 0 aromatic carbocycles. The fourth-order valence-electron chi connectivity index (χ4n) is 3.52. The number of pyridine rings is 1. The number of nitrogens with one attached hydrogen (secondary N) is 2. The van der Waals surface area contributed by atoms with E-state index in [1.165, 1.54) is 12.3 Å². The van der Waals surface area contributed by atoms with Gasteiger partial charge in [-0.15, -0.1) is 0 Å². The Morgan fingerprint density at radius 2 is 2.09 bits per heavy atom. The van der Waals surface area contributed by atoms with Crippen LogP contribution < -0.4 is 10.2 Å². The van der Waals surface area contributed by atoms with E-state index in [0.717, 1.165) is 17.4 Å². The highest BCUT2D eigenvalue weighted by atomic mass is 35.5. The van der Waals surface area contributed by atoms with Crippen LogP contribution in [0.4, 0.5) is 13.9 Å². The van der Waals surface area contributed by atoms with E-state index in [4.69, 9.17) is 23.2 Å². The van der Waals surface area contributed by atoms with Crippen LogP contribution >= 0.6 is 34.5 Å². The van der Waals surface area contributed by atoms with Crippen molar-refractivity contribution >= 4 is 51.5 Å². The van der Waals surface area contributed by atoms with Crippen molar-refractivity contribution in [2.24, 2.45) is 0 Å². The van der Waals surface area contributed by atoms with E-state index in [9.17, 15) is 23.5 Å². The second-order valence-corrected chi connectivity index (χ2v) is 9.13. The Labute approximate surface area is 200 Å². The van der Waals surface area contributed by atoms with Crippen molar-refractivity contribution in [2.75, 3.05) is 18.0 Å². The van der Waals surface area contributed by atoms with Gasteiger partial charge in [-0.3, -0.25) is 9.78 Å². The Morgan fingerprint density at radius 3 is 2.70 bits per heavy atom. The average molecular weight is 516 g/mol. The summed E-state index contributed by atoms with van der Waals surface area (Å²) in [4.78, 5) is 36.5. The molecule has 13 heteroatoms. The third-order valence-electron chi connectivity index (χ3n) is 5.20. The Hall–Kier alpha value is -2.76. The molecule has 3 aromatic heterocycles. The molecule has 0 saturated carbocycles. The maximum atomic E-state index is 15.0. The molecule has 0 bridgehead atoms. The van der Waals surface area contributed by atoms with Gasteiger partial charge in [0.15, 0.2) is 10.9 Å². The molecule has 8 nitrogen and oxygen atoms in total. The molecule has 2 atom stereocenters. The van der Waals surface area contributed by atoms with Gasteiger partial charge in [0.1, 0.15) is 28.1 Å². The number of aryl methyl sites for hydroxylation is 1. The van der Waals surface area contributed by atoms with Crippen molar-refractivity contribution in [1.82, 2.24) is 20.3 Å². The largest absolute Gasteiger partial charge is 0.477 e. The number of carboxylic acids is 1. The molecule has 1 amide bonds. The highest BCUT2D eigenvalue weighted by molar-refractivity contribution is 7.17. The minimum absolute atomic E-state index is 0.0573. The fourth-order valence-corrected chi connectivity index (χ4v) is 4.88. The number of piperidine rings is 1. The number of anilines is 1. The highest BCUT2D eigenvalue weighted by Gasteiger charge is 2.34.